The maximum Gasteiger partial charge on any atom is 0.0133 e. The van der Waals surface area contributed by atoms with Crippen molar-refractivity contribution in [2.24, 2.45) is 11.8 Å². The van der Waals surface area contributed by atoms with Crippen molar-refractivity contribution >= 4 is 0 Å². The van der Waals surface area contributed by atoms with Crippen molar-refractivity contribution in [3.05, 3.63) is 34.9 Å². The second-order valence-corrected chi connectivity index (χ2v) is 6.25. The zero-order valence-electron chi connectivity index (χ0n) is 11.7. The smallest absolute Gasteiger partial charge is 0.0133 e. The molecule has 1 aromatic rings. The minimum Gasteiger partial charge on any atom is -0.316 e. The molecule has 0 heterocycles. The van der Waals surface area contributed by atoms with Crippen LogP contribution in [-0.4, -0.2) is 13.1 Å². The van der Waals surface area contributed by atoms with E-state index in [2.05, 4.69) is 37.5 Å². The molecule has 0 aliphatic heterocycles. The van der Waals surface area contributed by atoms with E-state index in [0.29, 0.717) is 6.04 Å². The highest BCUT2D eigenvalue weighted by Crippen LogP contribution is 2.38. The number of rotatable bonds is 5. The van der Waals surface area contributed by atoms with Crippen LogP contribution in [0.1, 0.15) is 42.9 Å². The zero-order chi connectivity index (χ0) is 12.5. The molecule has 0 aromatic heterocycles. The summed E-state index contributed by atoms with van der Waals surface area (Å²) in [6.07, 6.45) is 8.04. The van der Waals surface area contributed by atoms with Gasteiger partial charge in [-0.3, -0.25) is 0 Å². The van der Waals surface area contributed by atoms with Crippen LogP contribution in [0.4, 0.5) is 0 Å². The minimum atomic E-state index is 0.650. The predicted molar refractivity (Wildman–Crippen MR) is 76.9 cm³/mol. The average Bonchev–Trinajstić information content (AvgIpc) is 3.13. The summed E-state index contributed by atoms with van der Waals surface area (Å²) < 4.78 is 0. The minimum absolute atomic E-state index is 0.650. The topological polar surface area (TPSA) is 12.0 Å². The van der Waals surface area contributed by atoms with Crippen molar-refractivity contribution < 1.29 is 0 Å². The van der Waals surface area contributed by atoms with Gasteiger partial charge in [-0.1, -0.05) is 25.1 Å². The number of nitrogens with one attached hydrogen (secondary N) is 1. The maximum absolute atomic E-state index is 3.54. The second-order valence-electron chi connectivity index (χ2n) is 6.25. The third-order valence-corrected chi connectivity index (χ3v) is 4.99. The molecule has 0 saturated heterocycles. The molecular weight excluding hydrogens is 218 g/mol. The summed E-state index contributed by atoms with van der Waals surface area (Å²) >= 11 is 0. The molecule has 1 nitrogen and oxygen atoms in total. The van der Waals surface area contributed by atoms with Crippen molar-refractivity contribution in [1.82, 2.24) is 5.32 Å². The first-order chi connectivity index (χ1) is 8.78. The largest absolute Gasteiger partial charge is 0.316 e. The molecule has 3 rings (SSSR count). The fourth-order valence-electron chi connectivity index (χ4n) is 3.51. The van der Waals surface area contributed by atoms with Crippen molar-refractivity contribution in [3.63, 3.8) is 0 Å². The summed E-state index contributed by atoms with van der Waals surface area (Å²) in [6.45, 7) is 2.42. The molecule has 2 aliphatic rings. The molecule has 2 aliphatic carbocycles. The van der Waals surface area contributed by atoms with E-state index in [1.807, 2.05) is 0 Å². The summed E-state index contributed by atoms with van der Waals surface area (Å²) in [5, 5.41) is 3.54. The van der Waals surface area contributed by atoms with Crippen LogP contribution in [0, 0.1) is 11.8 Å². The van der Waals surface area contributed by atoms with E-state index >= 15 is 0 Å². The molecule has 18 heavy (non-hydrogen) atoms. The predicted octanol–water partition coefficient (Wildman–Crippen LogP) is 3.35. The molecule has 1 N–H and O–H groups in total. The average molecular weight is 243 g/mol. The van der Waals surface area contributed by atoms with E-state index in [1.54, 1.807) is 11.1 Å². The van der Waals surface area contributed by atoms with Crippen LogP contribution in [0.15, 0.2) is 18.2 Å². The Labute approximate surface area is 111 Å². The monoisotopic (exact) mass is 243 g/mol. The summed E-state index contributed by atoms with van der Waals surface area (Å²) in [6, 6.07) is 7.84. The van der Waals surface area contributed by atoms with Crippen LogP contribution in [-0.2, 0) is 19.3 Å². The lowest BCUT2D eigenvalue weighted by Crippen LogP contribution is -2.35. The van der Waals surface area contributed by atoms with Crippen molar-refractivity contribution in [3.8, 4) is 0 Å². The number of likely N-dealkylation sites (N-methyl/N-ethyl adjacent to an activating group) is 1. The van der Waals surface area contributed by atoms with Gasteiger partial charge in [-0.2, -0.15) is 0 Å². The summed E-state index contributed by atoms with van der Waals surface area (Å²) in [7, 11) is 2.12. The number of hydrogen-bond donors (Lipinski definition) is 1. The molecule has 0 spiro atoms. The molecule has 98 valence electrons. The van der Waals surface area contributed by atoms with Crippen LogP contribution in [0.2, 0.25) is 0 Å². The normalized spacial score (nSPS) is 21.7. The highest BCUT2D eigenvalue weighted by Gasteiger charge is 2.32. The van der Waals surface area contributed by atoms with Gasteiger partial charge in [-0.25, -0.2) is 0 Å². The van der Waals surface area contributed by atoms with E-state index < -0.39 is 0 Å². The van der Waals surface area contributed by atoms with Gasteiger partial charge in [-0.05, 0) is 74.1 Å². The number of fused-ring (bicyclic) bond motifs is 1. The lowest BCUT2D eigenvalue weighted by molar-refractivity contribution is 0.357. The Kier molecular flexibility index (Phi) is 3.43. The van der Waals surface area contributed by atoms with Crippen LogP contribution in [0.5, 0.6) is 0 Å². The SMILES string of the molecule is CNC(Cc1ccc2c(c1)CCC2)C(C)C1CC1. The molecule has 2 atom stereocenters. The van der Waals surface area contributed by atoms with Gasteiger partial charge < -0.3 is 5.32 Å². The molecule has 1 fully saturated rings. The van der Waals surface area contributed by atoms with Crippen LogP contribution in [0.25, 0.3) is 0 Å². The Hall–Kier alpha value is -0.820. The third-order valence-electron chi connectivity index (χ3n) is 4.99. The fourth-order valence-corrected chi connectivity index (χ4v) is 3.51. The van der Waals surface area contributed by atoms with Gasteiger partial charge >= 0.3 is 0 Å². The number of benzene rings is 1. The van der Waals surface area contributed by atoms with Gasteiger partial charge in [0.1, 0.15) is 0 Å². The van der Waals surface area contributed by atoms with Gasteiger partial charge in [0.2, 0.25) is 0 Å². The zero-order valence-corrected chi connectivity index (χ0v) is 11.7. The summed E-state index contributed by atoms with van der Waals surface area (Å²) in [5.41, 5.74) is 4.74. The number of aryl methyl sites for hydroxylation is 2. The van der Waals surface area contributed by atoms with E-state index in [1.165, 1.54) is 44.1 Å². The first-order valence-electron chi connectivity index (χ1n) is 7.56. The Balaban J connectivity index is 1.70. The summed E-state index contributed by atoms with van der Waals surface area (Å²) in [4.78, 5) is 0. The first kappa shape index (κ1) is 12.2. The van der Waals surface area contributed by atoms with E-state index in [-0.39, 0.29) is 0 Å². The van der Waals surface area contributed by atoms with Gasteiger partial charge in [0, 0.05) is 6.04 Å². The van der Waals surface area contributed by atoms with E-state index in [0.717, 1.165) is 11.8 Å². The van der Waals surface area contributed by atoms with E-state index in [9.17, 15) is 0 Å². The Bertz CT molecular complexity index is 420. The van der Waals surface area contributed by atoms with E-state index in [4.69, 9.17) is 0 Å². The molecule has 0 amide bonds. The van der Waals surface area contributed by atoms with Gasteiger partial charge in [0.15, 0.2) is 0 Å². The van der Waals surface area contributed by atoms with Crippen molar-refractivity contribution in [2.75, 3.05) is 7.05 Å². The van der Waals surface area contributed by atoms with Gasteiger partial charge in [0.25, 0.3) is 0 Å². The molecule has 2 unspecified atom stereocenters. The fraction of sp³-hybridized carbons (Fsp3) is 0.647. The Morgan fingerprint density at radius 2 is 2.00 bits per heavy atom. The van der Waals surface area contributed by atoms with Crippen LogP contribution >= 0.6 is 0 Å². The van der Waals surface area contributed by atoms with Crippen LogP contribution < -0.4 is 5.32 Å². The second kappa shape index (κ2) is 5.05. The van der Waals surface area contributed by atoms with Crippen molar-refractivity contribution in [1.29, 1.82) is 0 Å². The first-order valence-corrected chi connectivity index (χ1v) is 7.56. The Morgan fingerprint density at radius 1 is 1.22 bits per heavy atom. The lowest BCUT2D eigenvalue weighted by atomic mass is 9.90. The third kappa shape index (κ3) is 2.47. The maximum atomic E-state index is 3.54. The Morgan fingerprint density at radius 3 is 2.72 bits per heavy atom. The molecule has 0 radical (unpaired) electrons. The highest BCUT2D eigenvalue weighted by molar-refractivity contribution is 5.35. The number of hydrogen-bond acceptors (Lipinski definition) is 1. The molecule has 1 saturated carbocycles. The van der Waals surface area contributed by atoms with Crippen molar-refractivity contribution in [2.45, 2.75) is 51.5 Å². The highest BCUT2D eigenvalue weighted by atomic mass is 14.9. The summed E-state index contributed by atoms with van der Waals surface area (Å²) in [5.74, 6) is 1.81. The lowest BCUT2D eigenvalue weighted by Gasteiger charge is -2.24. The molecular formula is C17H25N. The quantitative estimate of drug-likeness (QED) is 0.836. The molecule has 1 heteroatoms. The van der Waals surface area contributed by atoms with Crippen LogP contribution in [0.3, 0.4) is 0 Å². The molecule has 1 aromatic carbocycles. The van der Waals surface area contributed by atoms with Gasteiger partial charge in [0.05, 0.1) is 0 Å². The molecule has 0 bridgehead atoms. The standard InChI is InChI=1S/C17H25N/c1-12(14-8-9-14)17(18-2)11-13-6-7-15-4-3-5-16(15)10-13/h6-7,10,12,14,17-18H,3-5,8-9,11H2,1-2H3. The van der Waals surface area contributed by atoms with Gasteiger partial charge in [-0.15, -0.1) is 0 Å².